The smallest absolute Gasteiger partial charge is 0.222 e. The Balaban J connectivity index is 1.62. The van der Waals surface area contributed by atoms with Crippen LogP contribution < -0.4 is 4.74 Å². The third-order valence-electron chi connectivity index (χ3n) is 4.16. The molecule has 1 aliphatic rings. The van der Waals surface area contributed by atoms with Gasteiger partial charge in [-0.05, 0) is 54.4 Å². The Bertz CT molecular complexity index is 910. The Kier molecular flexibility index (Phi) is 3.54. The van der Waals surface area contributed by atoms with E-state index in [-0.39, 0.29) is 5.75 Å². The Morgan fingerprint density at radius 3 is 2.25 bits per heavy atom. The van der Waals surface area contributed by atoms with Crippen molar-refractivity contribution in [3.05, 3.63) is 83.4 Å². The van der Waals surface area contributed by atoms with E-state index in [0.717, 1.165) is 28.0 Å². The molecule has 3 heteroatoms. The maximum absolute atomic E-state index is 9.41. The monoisotopic (exact) mass is 315 g/mol. The fourth-order valence-corrected chi connectivity index (χ4v) is 2.78. The number of phenolic OH excluding ortho intramolecular Hbond substituents is 1. The summed E-state index contributed by atoms with van der Waals surface area (Å²) in [5, 5.41) is 9.41. The largest absolute Gasteiger partial charge is 0.508 e. The topological polar surface area (TPSA) is 41.8 Å². The van der Waals surface area contributed by atoms with Gasteiger partial charge in [-0.3, -0.25) is 0 Å². The molecule has 0 spiro atoms. The van der Waals surface area contributed by atoms with E-state index in [1.165, 1.54) is 5.56 Å². The van der Waals surface area contributed by atoms with Gasteiger partial charge in [-0.1, -0.05) is 35.9 Å². The maximum Gasteiger partial charge on any atom is 0.222 e. The van der Waals surface area contributed by atoms with Gasteiger partial charge in [0.2, 0.25) is 5.90 Å². The highest BCUT2D eigenvalue weighted by molar-refractivity contribution is 5.96. The van der Waals surface area contributed by atoms with Crippen molar-refractivity contribution in [1.82, 2.24) is 0 Å². The van der Waals surface area contributed by atoms with Crippen molar-refractivity contribution in [2.45, 2.75) is 13.5 Å². The van der Waals surface area contributed by atoms with Gasteiger partial charge in [-0.15, -0.1) is 0 Å². The minimum atomic E-state index is 0.271. The molecule has 0 saturated heterocycles. The molecule has 0 unspecified atom stereocenters. The maximum atomic E-state index is 9.41. The van der Waals surface area contributed by atoms with Crippen LogP contribution in [0.2, 0.25) is 0 Å². The van der Waals surface area contributed by atoms with Gasteiger partial charge in [0, 0.05) is 11.1 Å². The third-order valence-corrected chi connectivity index (χ3v) is 4.16. The molecule has 4 rings (SSSR count). The van der Waals surface area contributed by atoms with E-state index >= 15 is 0 Å². The zero-order valence-electron chi connectivity index (χ0n) is 13.4. The van der Waals surface area contributed by atoms with Crippen LogP contribution in [0.1, 0.15) is 16.7 Å². The van der Waals surface area contributed by atoms with Crippen LogP contribution in [0.3, 0.4) is 0 Å². The first kappa shape index (κ1) is 14.5. The number of rotatable bonds is 2. The normalized spacial score (nSPS) is 13.0. The molecule has 24 heavy (non-hydrogen) atoms. The van der Waals surface area contributed by atoms with Crippen LogP contribution >= 0.6 is 0 Å². The summed E-state index contributed by atoms with van der Waals surface area (Å²) in [6.45, 7) is 2.66. The number of hydrogen-bond acceptors (Lipinski definition) is 3. The molecule has 3 aromatic rings. The summed E-state index contributed by atoms with van der Waals surface area (Å²) >= 11 is 0. The molecule has 0 amide bonds. The van der Waals surface area contributed by atoms with Crippen LogP contribution in [0.15, 0.2) is 71.7 Å². The summed E-state index contributed by atoms with van der Waals surface area (Å²) in [5.41, 5.74) is 5.43. The Labute approximate surface area is 140 Å². The minimum absolute atomic E-state index is 0.271. The molecule has 0 saturated carbocycles. The number of aromatic hydroxyl groups is 1. The van der Waals surface area contributed by atoms with Crippen LogP contribution in [-0.4, -0.2) is 11.0 Å². The molecule has 0 atom stereocenters. The first-order valence-electron chi connectivity index (χ1n) is 7.91. The van der Waals surface area contributed by atoms with Gasteiger partial charge in [0.1, 0.15) is 11.5 Å². The van der Waals surface area contributed by atoms with Gasteiger partial charge in [-0.2, -0.15) is 0 Å². The highest BCUT2D eigenvalue weighted by atomic mass is 16.5. The Morgan fingerprint density at radius 2 is 1.50 bits per heavy atom. The number of hydrogen-bond donors (Lipinski definition) is 1. The zero-order chi connectivity index (χ0) is 16.5. The lowest BCUT2D eigenvalue weighted by Crippen LogP contribution is -2.15. The second-order valence-corrected chi connectivity index (χ2v) is 5.96. The quantitative estimate of drug-likeness (QED) is 0.744. The second kappa shape index (κ2) is 5.85. The average Bonchev–Trinajstić information content (AvgIpc) is 2.62. The number of fused-ring (bicyclic) bond motifs is 1. The third kappa shape index (κ3) is 2.76. The first-order valence-corrected chi connectivity index (χ1v) is 7.91. The van der Waals surface area contributed by atoms with E-state index in [4.69, 9.17) is 4.74 Å². The summed E-state index contributed by atoms with van der Waals surface area (Å²) in [4.78, 5) is 4.57. The van der Waals surface area contributed by atoms with Crippen molar-refractivity contribution in [3.63, 3.8) is 0 Å². The zero-order valence-corrected chi connectivity index (χ0v) is 13.4. The van der Waals surface area contributed by atoms with Crippen LogP contribution in [0.25, 0.3) is 11.1 Å². The molecule has 1 N–H and O–H groups in total. The molecule has 0 aliphatic carbocycles. The summed E-state index contributed by atoms with van der Waals surface area (Å²) in [6, 6.07) is 21.5. The highest BCUT2D eigenvalue weighted by Gasteiger charge is 2.16. The molecular weight excluding hydrogens is 298 g/mol. The summed E-state index contributed by atoms with van der Waals surface area (Å²) in [6.07, 6.45) is 0. The van der Waals surface area contributed by atoms with Crippen molar-refractivity contribution in [1.29, 1.82) is 0 Å². The molecule has 0 fully saturated rings. The van der Waals surface area contributed by atoms with Gasteiger partial charge in [0.25, 0.3) is 0 Å². The van der Waals surface area contributed by atoms with Crippen LogP contribution in [-0.2, 0) is 6.54 Å². The number of aliphatic imine (C=N–C) groups is 1. The van der Waals surface area contributed by atoms with E-state index in [0.29, 0.717) is 12.4 Å². The first-order chi connectivity index (χ1) is 11.7. The van der Waals surface area contributed by atoms with Crippen LogP contribution in [0.5, 0.6) is 11.5 Å². The van der Waals surface area contributed by atoms with E-state index in [2.05, 4.69) is 30.1 Å². The molecule has 1 heterocycles. The Hall–Kier alpha value is -3.07. The second-order valence-electron chi connectivity index (χ2n) is 5.96. The lowest BCUT2D eigenvalue weighted by atomic mass is 10.0. The lowest BCUT2D eigenvalue weighted by molar-refractivity contribution is 0.475. The number of nitrogens with zero attached hydrogens (tertiary/aromatic N) is 1. The SMILES string of the molecule is Cc1ccc(C2=NCc3cc(-c4ccc(O)cc4)ccc3O2)cc1. The van der Waals surface area contributed by atoms with Crippen LogP contribution in [0.4, 0.5) is 0 Å². The molecule has 0 aromatic heterocycles. The van der Waals surface area contributed by atoms with Crippen molar-refractivity contribution < 1.29 is 9.84 Å². The minimum Gasteiger partial charge on any atom is -0.508 e. The van der Waals surface area contributed by atoms with Gasteiger partial charge in [0.15, 0.2) is 0 Å². The molecule has 0 bridgehead atoms. The van der Waals surface area contributed by atoms with Crippen molar-refractivity contribution in [2.24, 2.45) is 4.99 Å². The molecule has 118 valence electrons. The molecule has 1 aliphatic heterocycles. The predicted molar refractivity (Wildman–Crippen MR) is 95.6 cm³/mol. The lowest BCUT2D eigenvalue weighted by Gasteiger charge is -2.18. The molecule has 0 radical (unpaired) electrons. The summed E-state index contributed by atoms with van der Waals surface area (Å²) in [5.74, 6) is 1.79. The Morgan fingerprint density at radius 1 is 0.833 bits per heavy atom. The summed E-state index contributed by atoms with van der Waals surface area (Å²) < 4.78 is 5.98. The fraction of sp³-hybridized carbons (Fsp3) is 0.0952. The summed E-state index contributed by atoms with van der Waals surface area (Å²) in [7, 11) is 0. The van der Waals surface area contributed by atoms with Crippen LogP contribution in [0, 0.1) is 6.92 Å². The number of benzene rings is 3. The van der Waals surface area contributed by atoms with E-state index in [1.807, 2.05) is 36.4 Å². The van der Waals surface area contributed by atoms with Crippen molar-refractivity contribution >= 4 is 5.90 Å². The van der Waals surface area contributed by atoms with Crippen molar-refractivity contribution in [3.8, 4) is 22.6 Å². The van der Waals surface area contributed by atoms with Crippen molar-refractivity contribution in [2.75, 3.05) is 0 Å². The highest BCUT2D eigenvalue weighted by Crippen LogP contribution is 2.31. The molecule has 3 nitrogen and oxygen atoms in total. The van der Waals surface area contributed by atoms with Gasteiger partial charge >= 0.3 is 0 Å². The van der Waals surface area contributed by atoms with Gasteiger partial charge in [0.05, 0.1) is 6.54 Å². The molecule has 3 aromatic carbocycles. The molecular formula is C21H17NO2. The average molecular weight is 315 g/mol. The standard InChI is InChI=1S/C21H17NO2/c1-14-2-4-16(5-3-14)21-22-13-18-12-17(8-11-20(18)24-21)15-6-9-19(23)10-7-15/h2-12,23H,13H2,1H3. The number of ether oxygens (including phenoxy) is 1. The fourth-order valence-electron chi connectivity index (χ4n) is 2.78. The van der Waals surface area contributed by atoms with E-state index < -0.39 is 0 Å². The van der Waals surface area contributed by atoms with E-state index in [1.54, 1.807) is 12.1 Å². The number of phenols is 1. The van der Waals surface area contributed by atoms with Gasteiger partial charge in [-0.25, -0.2) is 4.99 Å². The van der Waals surface area contributed by atoms with E-state index in [9.17, 15) is 5.11 Å². The van der Waals surface area contributed by atoms with Gasteiger partial charge < -0.3 is 9.84 Å². The predicted octanol–water partition coefficient (Wildman–Crippen LogP) is 4.71. The number of aryl methyl sites for hydroxylation is 1.